The molecule has 5 heteroatoms. The van der Waals surface area contributed by atoms with Gasteiger partial charge in [0.25, 0.3) is 0 Å². The van der Waals surface area contributed by atoms with E-state index < -0.39 is 0 Å². The SMILES string of the molecule is CCSCCC(C)NC(c1cccs1)c1nccn1C. The average Bonchev–Trinajstić information content (AvgIpc) is 3.08. The molecule has 0 bridgehead atoms. The van der Waals surface area contributed by atoms with Gasteiger partial charge < -0.3 is 9.88 Å². The van der Waals surface area contributed by atoms with Gasteiger partial charge in [0, 0.05) is 30.4 Å². The van der Waals surface area contributed by atoms with Crippen LogP contribution in [0.1, 0.15) is 37.0 Å². The number of aryl methyl sites for hydroxylation is 1. The summed E-state index contributed by atoms with van der Waals surface area (Å²) in [5.74, 6) is 3.49. The van der Waals surface area contributed by atoms with Crippen molar-refractivity contribution in [3.63, 3.8) is 0 Å². The van der Waals surface area contributed by atoms with E-state index in [0.29, 0.717) is 6.04 Å². The van der Waals surface area contributed by atoms with Crippen LogP contribution in [0.15, 0.2) is 29.9 Å². The largest absolute Gasteiger partial charge is 0.336 e. The van der Waals surface area contributed by atoms with Crippen molar-refractivity contribution in [2.45, 2.75) is 32.4 Å². The molecule has 2 aromatic heterocycles. The summed E-state index contributed by atoms with van der Waals surface area (Å²) < 4.78 is 2.10. The Hall–Kier alpha value is -0.780. The van der Waals surface area contributed by atoms with Crippen molar-refractivity contribution >= 4 is 23.1 Å². The molecule has 1 N–H and O–H groups in total. The number of thiophene rings is 1. The van der Waals surface area contributed by atoms with E-state index in [9.17, 15) is 0 Å². The van der Waals surface area contributed by atoms with E-state index in [2.05, 4.69) is 53.3 Å². The van der Waals surface area contributed by atoms with Gasteiger partial charge in [-0.3, -0.25) is 0 Å². The number of nitrogens with one attached hydrogen (secondary N) is 1. The van der Waals surface area contributed by atoms with Crippen LogP contribution < -0.4 is 5.32 Å². The van der Waals surface area contributed by atoms with Crippen LogP contribution in [0.25, 0.3) is 0 Å². The van der Waals surface area contributed by atoms with Crippen LogP contribution in [0, 0.1) is 0 Å². The van der Waals surface area contributed by atoms with Crippen LogP contribution >= 0.6 is 23.1 Å². The first-order valence-corrected chi connectivity index (χ1v) is 9.10. The molecule has 0 radical (unpaired) electrons. The number of aromatic nitrogens is 2. The lowest BCUT2D eigenvalue weighted by Crippen LogP contribution is -2.32. The van der Waals surface area contributed by atoms with Crippen molar-refractivity contribution in [2.75, 3.05) is 11.5 Å². The van der Waals surface area contributed by atoms with Gasteiger partial charge in [-0.1, -0.05) is 13.0 Å². The van der Waals surface area contributed by atoms with Gasteiger partial charge >= 0.3 is 0 Å². The minimum atomic E-state index is 0.191. The molecule has 2 atom stereocenters. The van der Waals surface area contributed by atoms with Crippen LogP contribution in [0.3, 0.4) is 0 Å². The van der Waals surface area contributed by atoms with Crippen molar-refractivity contribution < 1.29 is 0 Å². The summed E-state index contributed by atoms with van der Waals surface area (Å²) in [5.41, 5.74) is 0. The molecule has 0 saturated heterocycles. The molecule has 2 heterocycles. The van der Waals surface area contributed by atoms with Gasteiger partial charge in [-0.25, -0.2) is 4.98 Å². The first-order chi connectivity index (χ1) is 9.72. The Bertz CT molecular complexity index is 493. The lowest BCUT2D eigenvalue weighted by atomic mass is 10.1. The van der Waals surface area contributed by atoms with E-state index in [-0.39, 0.29) is 6.04 Å². The van der Waals surface area contributed by atoms with Gasteiger partial charge in [0.15, 0.2) is 0 Å². The smallest absolute Gasteiger partial charge is 0.131 e. The molecule has 0 fully saturated rings. The minimum absolute atomic E-state index is 0.191. The monoisotopic (exact) mass is 309 g/mol. The van der Waals surface area contributed by atoms with E-state index in [0.717, 1.165) is 5.82 Å². The second kappa shape index (κ2) is 7.86. The maximum atomic E-state index is 4.52. The van der Waals surface area contributed by atoms with Crippen molar-refractivity contribution in [1.29, 1.82) is 0 Å². The average molecular weight is 310 g/mol. The third-order valence-electron chi connectivity index (χ3n) is 3.29. The van der Waals surface area contributed by atoms with Crippen LogP contribution in [-0.4, -0.2) is 27.1 Å². The number of thioether (sulfide) groups is 1. The van der Waals surface area contributed by atoms with Crippen LogP contribution in [0.5, 0.6) is 0 Å². The number of hydrogen-bond acceptors (Lipinski definition) is 4. The second-order valence-electron chi connectivity index (χ2n) is 4.90. The zero-order valence-corrected chi connectivity index (χ0v) is 14.0. The fraction of sp³-hybridized carbons (Fsp3) is 0.533. The molecule has 2 rings (SSSR count). The highest BCUT2D eigenvalue weighted by molar-refractivity contribution is 7.99. The molecular formula is C15H23N3S2. The maximum Gasteiger partial charge on any atom is 0.131 e. The molecular weight excluding hydrogens is 286 g/mol. The third-order valence-corrected chi connectivity index (χ3v) is 5.16. The Morgan fingerprint density at radius 3 is 2.95 bits per heavy atom. The summed E-state index contributed by atoms with van der Waals surface area (Å²) in [6.45, 7) is 4.48. The number of rotatable bonds is 8. The van der Waals surface area contributed by atoms with Gasteiger partial charge in [-0.2, -0.15) is 11.8 Å². The molecule has 0 amide bonds. The lowest BCUT2D eigenvalue weighted by molar-refractivity contribution is 0.472. The molecule has 0 saturated carbocycles. The Labute approximate surface area is 129 Å². The van der Waals surface area contributed by atoms with Gasteiger partial charge in [0.05, 0.1) is 0 Å². The summed E-state index contributed by atoms with van der Waals surface area (Å²) in [6.07, 6.45) is 5.06. The summed E-state index contributed by atoms with van der Waals surface area (Å²) in [7, 11) is 2.06. The number of nitrogens with zero attached hydrogens (tertiary/aromatic N) is 2. The quantitative estimate of drug-likeness (QED) is 0.754. The Kier molecular flexibility index (Phi) is 6.13. The molecule has 3 nitrogen and oxygen atoms in total. The number of hydrogen-bond donors (Lipinski definition) is 1. The normalized spacial score (nSPS) is 14.3. The van der Waals surface area contributed by atoms with E-state index in [1.807, 2.05) is 24.2 Å². The van der Waals surface area contributed by atoms with Crippen LogP contribution in [0.2, 0.25) is 0 Å². The molecule has 0 spiro atoms. The van der Waals surface area contributed by atoms with E-state index >= 15 is 0 Å². The standard InChI is InChI=1S/C15H23N3S2/c1-4-19-11-7-12(2)17-14(13-6-5-10-20-13)15-16-8-9-18(15)3/h5-6,8-10,12,14,17H,4,7,11H2,1-3H3. The first kappa shape index (κ1) is 15.6. The maximum absolute atomic E-state index is 4.52. The van der Waals surface area contributed by atoms with Gasteiger partial charge in [0.2, 0.25) is 0 Å². The van der Waals surface area contributed by atoms with Gasteiger partial charge in [0.1, 0.15) is 11.9 Å². The predicted molar refractivity (Wildman–Crippen MR) is 89.6 cm³/mol. The fourth-order valence-electron chi connectivity index (χ4n) is 2.17. The summed E-state index contributed by atoms with van der Waals surface area (Å²) in [4.78, 5) is 5.85. The third kappa shape index (κ3) is 4.11. The van der Waals surface area contributed by atoms with E-state index in [1.165, 1.54) is 22.8 Å². The van der Waals surface area contributed by atoms with Crippen molar-refractivity contribution in [1.82, 2.24) is 14.9 Å². The van der Waals surface area contributed by atoms with Gasteiger partial charge in [-0.15, -0.1) is 11.3 Å². The van der Waals surface area contributed by atoms with Crippen molar-refractivity contribution in [2.24, 2.45) is 7.05 Å². The van der Waals surface area contributed by atoms with E-state index in [1.54, 1.807) is 11.3 Å². The molecule has 0 aliphatic carbocycles. The van der Waals surface area contributed by atoms with Crippen molar-refractivity contribution in [3.8, 4) is 0 Å². The molecule has 110 valence electrons. The summed E-state index contributed by atoms with van der Waals surface area (Å²) in [5, 5.41) is 5.86. The molecule has 0 aromatic carbocycles. The number of imidazole rings is 1. The van der Waals surface area contributed by atoms with E-state index in [4.69, 9.17) is 0 Å². The van der Waals surface area contributed by atoms with Crippen LogP contribution in [0.4, 0.5) is 0 Å². The predicted octanol–water partition coefficient (Wildman–Crippen LogP) is 3.69. The molecule has 20 heavy (non-hydrogen) atoms. The zero-order valence-electron chi connectivity index (χ0n) is 12.4. The second-order valence-corrected chi connectivity index (χ2v) is 7.27. The van der Waals surface area contributed by atoms with Crippen LogP contribution in [-0.2, 0) is 7.05 Å². The highest BCUT2D eigenvalue weighted by atomic mass is 32.2. The lowest BCUT2D eigenvalue weighted by Gasteiger charge is -2.22. The summed E-state index contributed by atoms with van der Waals surface area (Å²) in [6, 6.07) is 4.97. The highest BCUT2D eigenvalue weighted by Gasteiger charge is 2.20. The Morgan fingerprint density at radius 2 is 2.35 bits per heavy atom. The Morgan fingerprint density at radius 1 is 1.50 bits per heavy atom. The highest BCUT2D eigenvalue weighted by Crippen LogP contribution is 2.25. The topological polar surface area (TPSA) is 29.9 Å². The fourth-order valence-corrected chi connectivity index (χ4v) is 3.76. The summed E-state index contributed by atoms with van der Waals surface area (Å²) >= 11 is 3.79. The first-order valence-electron chi connectivity index (χ1n) is 7.06. The molecule has 0 aliphatic rings. The zero-order chi connectivity index (χ0) is 14.4. The molecule has 2 unspecified atom stereocenters. The van der Waals surface area contributed by atoms with Crippen molar-refractivity contribution in [3.05, 3.63) is 40.6 Å². The molecule has 0 aliphatic heterocycles. The van der Waals surface area contributed by atoms with Gasteiger partial charge in [-0.05, 0) is 36.3 Å². The minimum Gasteiger partial charge on any atom is -0.336 e. The molecule has 2 aromatic rings. The Balaban J connectivity index is 2.06.